The van der Waals surface area contributed by atoms with Crippen LogP contribution in [-0.4, -0.2) is 16.9 Å². The zero-order chi connectivity index (χ0) is 20.3. The van der Waals surface area contributed by atoms with Crippen LogP contribution in [0.15, 0.2) is 60.7 Å². The fourth-order valence-electron chi connectivity index (χ4n) is 3.62. The van der Waals surface area contributed by atoms with Crippen LogP contribution in [0.5, 0.6) is 11.5 Å². The number of carbonyl (C=O) groups is 1. The Labute approximate surface area is 167 Å². The molecule has 0 atom stereocenters. The smallest absolute Gasteiger partial charge is 0.183 e. The molecule has 4 nitrogen and oxygen atoms in total. The molecule has 3 aromatic rings. The summed E-state index contributed by atoms with van der Waals surface area (Å²) in [5.41, 5.74) is 3.75. The Hall–Kier alpha value is -3.01. The molecule has 0 saturated carbocycles. The first-order valence-corrected chi connectivity index (χ1v) is 9.55. The lowest BCUT2D eigenvalue weighted by Crippen LogP contribution is -2.24. The summed E-state index contributed by atoms with van der Waals surface area (Å²) in [7, 11) is 0. The Kier molecular flexibility index (Phi) is 5.59. The predicted molar refractivity (Wildman–Crippen MR) is 115 cm³/mol. The van der Waals surface area contributed by atoms with Crippen LogP contribution in [0.3, 0.4) is 0 Å². The molecule has 4 heteroatoms. The summed E-state index contributed by atoms with van der Waals surface area (Å²) in [4.78, 5) is 12.7. The van der Waals surface area contributed by atoms with Crippen molar-refractivity contribution in [3.05, 3.63) is 77.6 Å². The number of hydrogen-bond acceptors (Lipinski definition) is 3. The number of ether oxygens (including phenoxy) is 1. The Morgan fingerprint density at radius 2 is 1.57 bits per heavy atom. The van der Waals surface area contributed by atoms with Gasteiger partial charge < -0.3 is 14.6 Å². The third-order valence-corrected chi connectivity index (χ3v) is 4.69. The average Bonchev–Trinajstić information content (AvgIpc) is 2.96. The van der Waals surface area contributed by atoms with Gasteiger partial charge in [0.15, 0.2) is 5.78 Å². The molecule has 0 radical (unpaired) electrons. The summed E-state index contributed by atoms with van der Waals surface area (Å²) < 4.78 is 8.01. The lowest BCUT2D eigenvalue weighted by atomic mass is 10.1. The molecule has 1 aromatic heterocycles. The standard InChI is InChI=1S/C24H28N2O2/c1-17-15-22(18(2)26(17)24(3,4)5)23(27)16-25-19-11-13-21(14-12-19)28-20-9-7-6-8-10-20/h6-15,25H,16H2,1-5H3. The van der Waals surface area contributed by atoms with Crippen LogP contribution < -0.4 is 10.1 Å². The minimum absolute atomic E-state index is 0.0469. The van der Waals surface area contributed by atoms with E-state index >= 15 is 0 Å². The SMILES string of the molecule is Cc1cc(C(=O)CNc2ccc(Oc3ccccc3)cc2)c(C)n1C(C)(C)C. The van der Waals surface area contributed by atoms with Gasteiger partial charge in [-0.25, -0.2) is 0 Å². The van der Waals surface area contributed by atoms with Gasteiger partial charge in [0, 0.05) is 28.2 Å². The van der Waals surface area contributed by atoms with E-state index in [1.54, 1.807) is 0 Å². The van der Waals surface area contributed by atoms with Crippen molar-refractivity contribution in [1.29, 1.82) is 0 Å². The van der Waals surface area contributed by atoms with Crippen LogP contribution in [0.4, 0.5) is 5.69 Å². The van der Waals surface area contributed by atoms with Gasteiger partial charge >= 0.3 is 0 Å². The first-order valence-electron chi connectivity index (χ1n) is 9.55. The number of anilines is 1. The zero-order valence-electron chi connectivity index (χ0n) is 17.2. The summed E-state index contributed by atoms with van der Waals surface area (Å²) in [6, 6.07) is 19.3. The number of benzene rings is 2. The summed E-state index contributed by atoms with van der Waals surface area (Å²) in [6.45, 7) is 10.8. The van der Waals surface area contributed by atoms with Gasteiger partial charge in [0.2, 0.25) is 0 Å². The van der Waals surface area contributed by atoms with Gasteiger partial charge in [0.05, 0.1) is 6.54 Å². The predicted octanol–water partition coefficient (Wildman–Crippen LogP) is 5.95. The second-order valence-corrected chi connectivity index (χ2v) is 8.01. The Balaban J connectivity index is 1.64. The normalized spacial score (nSPS) is 11.3. The molecular formula is C24H28N2O2. The first kappa shape index (κ1) is 19.7. The molecule has 146 valence electrons. The molecule has 28 heavy (non-hydrogen) atoms. The highest BCUT2D eigenvalue weighted by Gasteiger charge is 2.22. The average molecular weight is 377 g/mol. The summed E-state index contributed by atoms with van der Waals surface area (Å²) in [6.07, 6.45) is 0. The molecule has 0 bridgehead atoms. The van der Waals surface area contributed by atoms with Gasteiger partial charge in [-0.1, -0.05) is 18.2 Å². The van der Waals surface area contributed by atoms with Crippen molar-refractivity contribution in [2.75, 3.05) is 11.9 Å². The molecule has 1 heterocycles. The van der Waals surface area contributed by atoms with E-state index < -0.39 is 0 Å². The number of hydrogen-bond donors (Lipinski definition) is 1. The third-order valence-electron chi connectivity index (χ3n) is 4.69. The number of carbonyl (C=O) groups excluding carboxylic acids is 1. The van der Waals surface area contributed by atoms with Crippen molar-refractivity contribution in [2.45, 2.75) is 40.2 Å². The maximum Gasteiger partial charge on any atom is 0.183 e. The fraction of sp³-hybridized carbons (Fsp3) is 0.292. The van der Waals surface area contributed by atoms with Crippen LogP contribution >= 0.6 is 0 Å². The minimum atomic E-state index is -0.0469. The number of nitrogens with one attached hydrogen (secondary N) is 1. The number of para-hydroxylation sites is 1. The molecule has 0 aliphatic heterocycles. The Bertz CT molecular complexity index is 949. The maximum absolute atomic E-state index is 12.7. The number of ketones is 1. The second-order valence-electron chi connectivity index (χ2n) is 8.01. The molecule has 0 amide bonds. The largest absolute Gasteiger partial charge is 0.457 e. The quantitative estimate of drug-likeness (QED) is 0.541. The third kappa shape index (κ3) is 4.45. The minimum Gasteiger partial charge on any atom is -0.457 e. The van der Waals surface area contributed by atoms with Gasteiger partial charge in [0.1, 0.15) is 11.5 Å². The lowest BCUT2D eigenvalue weighted by molar-refractivity contribution is 0.100. The maximum atomic E-state index is 12.7. The van der Waals surface area contributed by atoms with E-state index in [0.717, 1.165) is 34.1 Å². The van der Waals surface area contributed by atoms with Gasteiger partial charge in [-0.15, -0.1) is 0 Å². The second kappa shape index (κ2) is 7.93. The summed E-state index contributed by atoms with van der Waals surface area (Å²) in [5, 5.41) is 3.21. The molecule has 0 fully saturated rings. The van der Waals surface area contributed by atoms with E-state index in [1.165, 1.54) is 0 Å². The van der Waals surface area contributed by atoms with E-state index in [2.05, 4.69) is 30.7 Å². The Morgan fingerprint density at radius 1 is 0.964 bits per heavy atom. The molecule has 0 saturated heterocycles. The van der Waals surface area contributed by atoms with E-state index in [9.17, 15) is 4.79 Å². The molecule has 0 unspecified atom stereocenters. The van der Waals surface area contributed by atoms with Crippen molar-refractivity contribution in [3.8, 4) is 11.5 Å². The monoisotopic (exact) mass is 376 g/mol. The van der Waals surface area contributed by atoms with E-state index in [1.807, 2.05) is 74.5 Å². The number of aromatic nitrogens is 1. The van der Waals surface area contributed by atoms with Gasteiger partial charge in [0.25, 0.3) is 0 Å². The van der Waals surface area contributed by atoms with E-state index in [-0.39, 0.29) is 17.9 Å². The summed E-state index contributed by atoms with van der Waals surface area (Å²) >= 11 is 0. The van der Waals surface area contributed by atoms with E-state index in [0.29, 0.717) is 0 Å². The first-order chi connectivity index (χ1) is 13.3. The highest BCUT2D eigenvalue weighted by atomic mass is 16.5. The fourth-order valence-corrected chi connectivity index (χ4v) is 3.62. The molecule has 0 spiro atoms. The molecule has 2 aromatic carbocycles. The lowest BCUT2D eigenvalue weighted by Gasteiger charge is -2.25. The number of rotatable bonds is 6. The van der Waals surface area contributed by atoms with Crippen LogP contribution in [0.25, 0.3) is 0 Å². The zero-order valence-corrected chi connectivity index (χ0v) is 17.2. The van der Waals surface area contributed by atoms with Crippen molar-refractivity contribution < 1.29 is 9.53 Å². The van der Waals surface area contributed by atoms with Gasteiger partial charge in [-0.3, -0.25) is 4.79 Å². The molecule has 0 aliphatic rings. The highest BCUT2D eigenvalue weighted by Crippen LogP contribution is 2.25. The van der Waals surface area contributed by atoms with Crippen LogP contribution in [0.2, 0.25) is 0 Å². The van der Waals surface area contributed by atoms with E-state index in [4.69, 9.17) is 4.74 Å². The van der Waals surface area contributed by atoms with Crippen LogP contribution in [-0.2, 0) is 5.54 Å². The van der Waals surface area contributed by atoms with Crippen LogP contribution in [0, 0.1) is 13.8 Å². The molecule has 1 N–H and O–H groups in total. The Morgan fingerprint density at radius 3 is 2.14 bits per heavy atom. The van der Waals surface area contributed by atoms with Crippen molar-refractivity contribution in [1.82, 2.24) is 4.57 Å². The topological polar surface area (TPSA) is 43.3 Å². The van der Waals surface area contributed by atoms with Crippen molar-refractivity contribution in [2.24, 2.45) is 0 Å². The van der Waals surface area contributed by atoms with Crippen LogP contribution in [0.1, 0.15) is 42.5 Å². The molecule has 3 rings (SSSR count). The number of aryl methyl sites for hydroxylation is 1. The van der Waals surface area contributed by atoms with Crippen molar-refractivity contribution in [3.63, 3.8) is 0 Å². The molecule has 0 aliphatic carbocycles. The highest BCUT2D eigenvalue weighted by molar-refractivity contribution is 6.00. The van der Waals surface area contributed by atoms with Gasteiger partial charge in [-0.2, -0.15) is 0 Å². The number of nitrogens with zero attached hydrogens (tertiary/aromatic N) is 1. The van der Waals surface area contributed by atoms with Crippen molar-refractivity contribution >= 4 is 11.5 Å². The molecular weight excluding hydrogens is 348 g/mol. The number of Topliss-reactive ketones (excluding diaryl/α,β-unsaturated/α-hetero) is 1. The van der Waals surface area contributed by atoms with Gasteiger partial charge in [-0.05, 0) is 77.1 Å². The summed E-state index contributed by atoms with van der Waals surface area (Å²) in [5.74, 6) is 1.65.